The Balaban J connectivity index is 2.22. The molecule has 0 unspecified atom stereocenters. The normalized spacial score (nSPS) is 19.1. The molecular formula is C13H17BrFN. The summed E-state index contributed by atoms with van der Waals surface area (Å²) >= 11 is 3.34. The van der Waals surface area contributed by atoms with Crippen molar-refractivity contribution in [3.05, 3.63) is 29.6 Å². The monoisotopic (exact) mass is 285 g/mol. The van der Waals surface area contributed by atoms with E-state index in [1.54, 1.807) is 6.07 Å². The second-order valence-corrected chi connectivity index (χ2v) is 5.82. The predicted molar refractivity (Wildman–Crippen MR) is 69.6 cm³/mol. The van der Waals surface area contributed by atoms with Crippen molar-refractivity contribution >= 4 is 21.6 Å². The van der Waals surface area contributed by atoms with E-state index in [1.807, 2.05) is 12.1 Å². The van der Waals surface area contributed by atoms with Gasteiger partial charge in [0.2, 0.25) is 0 Å². The fourth-order valence-electron chi connectivity index (χ4n) is 2.21. The van der Waals surface area contributed by atoms with Gasteiger partial charge in [0, 0.05) is 18.4 Å². The van der Waals surface area contributed by atoms with E-state index < -0.39 is 0 Å². The number of hydrogen-bond acceptors (Lipinski definition) is 1. The standard InChI is InChI=1S/C13H17BrFN/c1-13(2)5-6-16(9-13)12-4-3-10(8-14)7-11(12)15/h3-4,7H,5-6,8-9H2,1-2H3. The largest absolute Gasteiger partial charge is 0.369 e. The molecule has 0 atom stereocenters. The summed E-state index contributed by atoms with van der Waals surface area (Å²) in [6, 6.07) is 5.50. The van der Waals surface area contributed by atoms with Crippen molar-refractivity contribution in [3.8, 4) is 0 Å². The summed E-state index contributed by atoms with van der Waals surface area (Å²) in [5.74, 6) is -0.102. The lowest BCUT2D eigenvalue weighted by atomic mass is 9.93. The highest BCUT2D eigenvalue weighted by atomic mass is 79.9. The number of hydrogen-bond donors (Lipinski definition) is 0. The van der Waals surface area contributed by atoms with Crippen LogP contribution in [0.1, 0.15) is 25.8 Å². The van der Waals surface area contributed by atoms with Crippen LogP contribution in [-0.2, 0) is 5.33 Å². The van der Waals surface area contributed by atoms with E-state index in [0.29, 0.717) is 10.7 Å². The Labute approximate surface area is 105 Å². The first kappa shape index (κ1) is 11.9. The number of rotatable bonds is 2. The van der Waals surface area contributed by atoms with Gasteiger partial charge in [-0.25, -0.2) is 4.39 Å². The molecule has 1 aromatic rings. The van der Waals surface area contributed by atoms with Crippen LogP contribution in [0.15, 0.2) is 18.2 Å². The highest BCUT2D eigenvalue weighted by molar-refractivity contribution is 9.08. The van der Waals surface area contributed by atoms with E-state index in [9.17, 15) is 4.39 Å². The summed E-state index contributed by atoms with van der Waals surface area (Å²) in [4.78, 5) is 2.15. The number of benzene rings is 1. The molecule has 0 aliphatic carbocycles. The molecule has 88 valence electrons. The Morgan fingerprint density at radius 2 is 2.19 bits per heavy atom. The summed E-state index contributed by atoms with van der Waals surface area (Å²) in [6.45, 7) is 6.37. The van der Waals surface area contributed by atoms with Crippen LogP contribution in [0.25, 0.3) is 0 Å². The first-order chi connectivity index (χ1) is 7.52. The minimum absolute atomic E-state index is 0.102. The van der Waals surface area contributed by atoms with E-state index in [4.69, 9.17) is 0 Å². The summed E-state index contributed by atoms with van der Waals surface area (Å²) in [5, 5.41) is 0.704. The summed E-state index contributed by atoms with van der Waals surface area (Å²) < 4.78 is 13.9. The van der Waals surface area contributed by atoms with Gasteiger partial charge in [0.05, 0.1) is 5.69 Å². The fourth-order valence-corrected chi connectivity index (χ4v) is 2.56. The molecule has 16 heavy (non-hydrogen) atoms. The Morgan fingerprint density at radius 3 is 2.69 bits per heavy atom. The van der Waals surface area contributed by atoms with Crippen molar-refractivity contribution in [2.45, 2.75) is 25.6 Å². The molecule has 1 saturated heterocycles. The number of halogens is 2. The van der Waals surface area contributed by atoms with Crippen molar-refractivity contribution in [1.82, 2.24) is 0 Å². The zero-order valence-corrected chi connectivity index (χ0v) is 11.3. The zero-order valence-electron chi connectivity index (χ0n) is 9.76. The Morgan fingerprint density at radius 1 is 1.44 bits per heavy atom. The molecule has 0 amide bonds. The average molecular weight is 286 g/mol. The lowest BCUT2D eigenvalue weighted by molar-refractivity contribution is 0.418. The van der Waals surface area contributed by atoms with Crippen LogP contribution in [-0.4, -0.2) is 13.1 Å². The second-order valence-electron chi connectivity index (χ2n) is 5.26. The second kappa shape index (κ2) is 4.36. The average Bonchev–Trinajstić information content (AvgIpc) is 2.58. The van der Waals surface area contributed by atoms with Gasteiger partial charge >= 0.3 is 0 Å². The fraction of sp³-hybridized carbons (Fsp3) is 0.538. The maximum Gasteiger partial charge on any atom is 0.146 e. The van der Waals surface area contributed by atoms with Crippen molar-refractivity contribution in [2.24, 2.45) is 5.41 Å². The molecule has 1 aliphatic rings. The molecule has 3 heteroatoms. The molecule has 1 fully saturated rings. The van der Waals surface area contributed by atoms with E-state index in [-0.39, 0.29) is 5.82 Å². The van der Waals surface area contributed by atoms with Gasteiger partial charge in [-0.2, -0.15) is 0 Å². The van der Waals surface area contributed by atoms with Crippen LogP contribution >= 0.6 is 15.9 Å². The Hall–Kier alpha value is -0.570. The molecule has 0 N–H and O–H groups in total. The molecular weight excluding hydrogens is 269 g/mol. The molecule has 2 rings (SSSR count). The molecule has 1 aromatic carbocycles. The Kier molecular flexibility index (Phi) is 3.24. The summed E-state index contributed by atoms with van der Waals surface area (Å²) in [5.41, 5.74) is 2.04. The maximum absolute atomic E-state index is 13.9. The van der Waals surface area contributed by atoms with Gasteiger partial charge in [-0.15, -0.1) is 0 Å². The van der Waals surface area contributed by atoms with E-state index in [0.717, 1.165) is 30.8 Å². The molecule has 0 saturated carbocycles. The van der Waals surface area contributed by atoms with Crippen molar-refractivity contribution < 1.29 is 4.39 Å². The van der Waals surface area contributed by atoms with Crippen molar-refractivity contribution in [1.29, 1.82) is 0 Å². The topological polar surface area (TPSA) is 3.24 Å². The van der Waals surface area contributed by atoms with Gasteiger partial charge in [-0.1, -0.05) is 35.8 Å². The number of anilines is 1. The van der Waals surface area contributed by atoms with Crippen LogP contribution in [0, 0.1) is 11.2 Å². The third-order valence-corrected chi connectivity index (χ3v) is 3.83. The first-order valence-electron chi connectivity index (χ1n) is 5.61. The SMILES string of the molecule is CC1(C)CCN(c2ccc(CBr)cc2F)C1. The molecule has 1 heterocycles. The zero-order chi connectivity index (χ0) is 11.8. The lowest BCUT2D eigenvalue weighted by Gasteiger charge is -2.22. The minimum Gasteiger partial charge on any atom is -0.369 e. The van der Waals surface area contributed by atoms with Crippen molar-refractivity contribution in [3.63, 3.8) is 0 Å². The Bertz CT molecular complexity index is 390. The van der Waals surface area contributed by atoms with E-state index >= 15 is 0 Å². The van der Waals surface area contributed by atoms with Crippen LogP contribution in [0.5, 0.6) is 0 Å². The number of nitrogens with zero attached hydrogens (tertiary/aromatic N) is 1. The number of alkyl halides is 1. The highest BCUT2D eigenvalue weighted by Gasteiger charge is 2.30. The maximum atomic E-state index is 13.9. The summed E-state index contributed by atoms with van der Waals surface area (Å²) in [6.07, 6.45) is 1.13. The molecule has 0 spiro atoms. The molecule has 0 aromatic heterocycles. The first-order valence-corrected chi connectivity index (χ1v) is 6.73. The molecule has 1 aliphatic heterocycles. The highest BCUT2D eigenvalue weighted by Crippen LogP contribution is 2.33. The van der Waals surface area contributed by atoms with Gasteiger partial charge in [-0.05, 0) is 29.5 Å². The van der Waals surface area contributed by atoms with Crippen molar-refractivity contribution in [2.75, 3.05) is 18.0 Å². The predicted octanol–water partition coefficient (Wildman–Crippen LogP) is 3.96. The van der Waals surface area contributed by atoms with Crippen LogP contribution < -0.4 is 4.90 Å². The molecule has 0 bridgehead atoms. The molecule has 0 radical (unpaired) electrons. The van der Waals surface area contributed by atoms with Gasteiger partial charge in [0.25, 0.3) is 0 Å². The van der Waals surface area contributed by atoms with Crippen LogP contribution in [0.4, 0.5) is 10.1 Å². The van der Waals surface area contributed by atoms with Gasteiger partial charge in [0.15, 0.2) is 0 Å². The van der Waals surface area contributed by atoms with E-state index in [1.165, 1.54) is 0 Å². The minimum atomic E-state index is -0.102. The van der Waals surface area contributed by atoms with Crippen LogP contribution in [0.2, 0.25) is 0 Å². The van der Waals surface area contributed by atoms with Gasteiger partial charge < -0.3 is 4.90 Å². The van der Waals surface area contributed by atoms with Gasteiger partial charge in [-0.3, -0.25) is 0 Å². The quantitative estimate of drug-likeness (QED) is 0.744. The van der Waals surface area contributed by atoms with E-state index in [2.05, 4.69) is 34.7 Å². The molecule has 1 nitrogen and oxygen atoms in total. The lowest BCUT2D eigenvalue weighted by Crippen LogP contribution is -2.23. The van der Waals surface area contributed by atoms with Crippen LogP contribution in [0.3, 0.4) is 0 Å². The smallest absolute Gasteiger partial charge is 0.146 e. The third-order valence-electron chi connectivity index (χ3n) is 3.18. The van der Waals surface area contributed by atoms with Gasteiger partial charge in [0.1, 0.15) is 5.82 Å². The third kappa shape index (κ3) is 2.40. The summed E-state index contributed by atoms with van der Waals surface area (Å²) in [7, 11) is 0.